The normalized spacial score (nSPS) is 19.5. The Kier molecular flexibility index (Phi) is 3.87. The van der Waals surface area contributed by atoms with Gasteiger partial charge in [-0.25, -0.2) is 8.42 Å². The number of hydrogen-bond acceptors (Lipinski definition) is 2. The highest BCUT2D eigenvalue weighted by Gasteiger charge is 2.42. The third kappa shape index (κ3) is 3.09. The van der Waals surface area contributed by atoms with Gasteiger partial charge in [0.2, 0.25) is 10.0 Å². The van der Waals surface area contributed by atoms with Crippen LogP contribution in [0.2, 0.25) is 0 Å². The van der Waals surface area contributed by atoms with E-state index in [1.165, 1.54) is 12.1 Å². The molecule has 0 aliphatic carbocycles. The standard InChI is InChI=1S/C12H14F3NO2S/c13-12(14,15)10-6-8-16(9-7-10)19(17,18)11-4-2-1-3-5-11/h1-5,10H,6-9H2. The van der Waals surface area contributed by atoms with E-state index in [-0.39, 0.29) is 30.8 Å². The summed E-state index contributed by atoms with van der Waals surface area (Å²) >= 11 is 0. The molecule has 106 valence electrons. The van der Waals surface area contributed by atoms with Crippen LogP contribution in [-0.4, -0.2) is 32.0 Å². The molecule has 0 aromatic heterocycles. The molecule has 0 bridgehead atoms. The number of rotatable bonds is 2. The van der Waals surface area contributed by atoms with Crippen LogP contribution in [0.4, 0.5) is 13.2 Å². The Morgan fingerprint density at radius 2 is 1.58 bits per heavy atom. The molecule has 0 spiro atoms. The van der Waals surface area contributed by atoms with Crippen LogP contribution in [-0.2, 0) is 10.0 Å². The van der Waals surface area contributed by atoms with E-state index < -0.39 is 22.1 Å². The first-order chi connectivity index (χ1) is 8.82. The van der Waals surface area contributed by atoms with Crippen molar-refractivity contribution in [1.82, 2.24) is 4.31 Å². The van der Waals surface area contributed by atoms with Crippen molar-refractivity contribution in [3.63, 3.8) is 0 Å². The number of benzene rings is 1. The molecule has 0 unspecified atom stereocenters. The monoisotopic (exact) mass is 293 g/mol. The number of nitrogens with zero attached hydrogens (tertiary/aromatic N) is 1. The summed E-state index contributed by atoms with van der Waals surface area (Å²) in [6.45, 7) is -0.164. The smallest absolute Gasteiger partial charge is 0.207 e. The predicted molar refractivity (Wildman–Crippen MR) is 64.0 cm³/mol. The first-order valence-electron chi connectivity index (χ1n) is 5.94. The summed E-state index contributed by atoms with van der Waals surface area (Å²) in [6, 6.07) is 7.77. The van der Waals surface area contributed by atoms with Gasteiger partial charge in [0, 0.05) is 13.1 Å². The topological polar surface area (TPSA) is 37.4 Å². The molecule has 3 nitrogen and oxygen atoms in total. The van der Waals surface area contributed by atoms with Crippen molar-refractivity contribution >= 4 is 10.0 Å². The Balaban J connectivity index is 2.10. The molecular formula is C12H14F3NO2S. The largest absolute Gasteiger partial charge is 0.391 e. The molecular weight excluding hydrogens is 279 g/mol. The molecule has 19 heavy (non-hydrogen) atoms. The average molecular weight is 293 g/mol. The van der Waals surface area contributed by atoms with Crippen molar-refractivity contribution in [2.75, 3.05) is 13.1 Å². The number of piperidine rings is 1. The van der Waals surface area contributed by atoms with Crippen LogP contribution in [0.3, 0.4) is 0 Å². The summed E-state index contributed by atoms with van der Waals surface area (Å²) in [5.41, 5.74) is 0. The van der Waals surface area contributed by atoms with Crippen molar-refractivity contribution in [1.29, 1.82) is 0 Å². The van der Waals surface area contributed by atoms with Crippen molar-refractivity contribution in [3.05, 3.63) is 30.3 Å². The van der Waals surface area contributed by atoms with E-state index in [1.54, 1.807) is 18.2 Å². The fraction of sp³-hybridized carbons (Fsp3) is 0.500. The zero-order valence-corrected chi connectivity index (χ0v) is 10.9. The number of sulfonamides is 1. The Morgan fingerprint density at radius 3 is 2.05 bits per heavy atom. The second kappa shape index (κ2) is 5.13. The van der Waals surface area contributed by atoms with Crippen molar-refractivity contribution in [2.24, 2.45) is 5.92 Å². The highest BCUT2D eigenvalue weighted by molar-refractivity contribution is 7.89. The fourth-order valence-corrected chi connectivity index (χ4v) is 3.66. The predicted octanol–water partition coefficient (Wildman–Crippen LogP) is 2.65. The van der Waals surface area contributed by atoms with Gasteiger partial charge < -0.3 is 0 Å². The van der Waals surface area contributed by atoms with E-state index in [1.807, 2.05) is 0 Å². The van der Waals surface area contributed by atoms with E-state index >= 15 is 0 Å². The lowest BCUT2D eigenvalue weighted by atomic mass is 9.98. The maximum atomic E-state index is 12.5. The number of hydrogen-bond donors (Lipinski definition) is 0. The van der Waals surface area contributed by atoms with E-state index in [9.17, 15) is 21.6 Å². The molecule has 1 fully saturated rings. The van der Waals surface area contributed by atoms with E-state index in [2.05, 4.69) is 0 Å². The van der Waals surface area contributed by atoms with Crippen molar-refractivity contribution in [3.8, 4) is 0 Å². The molecule has 1 aliphatic heterocycles. The first kappa shape index (κ1) is 14.3. The highest BCUT2D eigenvalue weighted by atomic mass is 32.2. The Hall–Kier alpha value is -1.08. The lowest BCUT2D eigenvalue weighted by Crippen LogP contribution is -2.42. The summed E-state index contributed by atoms with van der Waals surface area (Å²) in [4.78, 5) is 0.125. The third-order valence-electron chi connectivity index (χ3n) is 3.30. The Morgan fingerprint density at radius 1 is 1.05 bits per heavy atom. The Bertz CT molecular complexity index is 520. The van der Waals surface area contributed by atoms with Gasteiger partial charge in [0.25, 0.3) is 0 Å². The molecule has 0 radical (unpaired) electrons. The molecule has 1 heterocycles. The van der Waals surface area contributed by atoms with Crippen LogP contribution in [0.15, 0.2) is 35.2 Å². The van der Waals surface area contributed by atoms with E-state index in [0.717, 1.165) is 4.31 Å². The summed E-state index contributed by atoms with van der Waals surface area (Å²) in [5, 5.41) is 0. The van der Waals surface area contributed by atoms with Gasteiger partial charge >= 0.3 is 6.18 Å². The van der Waals surface area contributed by atoms with Crippen LogP contribution in [0.1, 0.15) is 12.8 Å². The van der Waals surface area contributed by atoms with Gasteiger partial charge in [0.05, 0.1) is 10.8 Å². The van der Waals surface area contributed by atoms with Crippen molar-refractivity contribution < 1.29 is 21.6 Å². The second-order valence-electron chi connectivity index (χ2n) is 4.53. The number of alkyl halides is 3. The van der Waals surface area contributed by atoms with Gasteiger partial charge in [-0.05, 0) is 25.0 Å². The van der Waals surface area contributed by atoms with Gasteiger partial charge in [-0.3, -0.25) is 0 Å². The van der Waals surface area contributed by atoms with E-state index in [4.69, 9.17) is 0 Å². The first-order valence-corrected chi connectivity index (χ1v) is 7.38. The zero-order chi connectivity index (χ0) is 14.1. The highest BCUT2D eigenvalue weighted by Crippen LogP contribution is 2.35. The average Bonchev–Trinajstić information content (AvgIpc) is 2.39. The summed E-state index contributed by atoms with van der Waals surface area (Å²) in [6.07, 6.45) is -4.58. The maximum Gasteiger partial charge on any atom is 0.391 e. The maximum absolute atomic E-state index is 12.5. The molecule has 0 N–H and O–H groups in total. The molecule has 0 saturated carbocycles. The molecule has 1 saturated heterocycles. The summed E-state index contributed by atoms with van der Waals surface area (Å²) in [5.74, 6) is -1.39. The minimum Gasteiger partial charge on any atom is -0.207 e. The minimum atomic E-state index is -4.23. The minimum absolute atomic E-state index is 0.0819. The van der Waals surface area contributed by atoms with Gasteiger partial charge in [-0.15, -0.1) is 0 Å². The molecule has 2 rings (SSSR count). The zero-order valence-electron chi connectivity index (χ0n) is 10.1. The van der Waals surface area contributed by atoms with Gasteiger partial charge in [-0.1, -0.05) is 18.2 Å². The Labute approximate surface area is 110 Å². The van der Waals surface area contributed by atoms with Crippen LogP contribution in [0.5, 0.6) is 0 Å². The van der Waals surface area contributed by atoms with Crippen LogP contribution < -0.4 is 0 Å². The quantitative estimate of drug-likeness (QED) is 0.840. The lowest BCUT2D eigenvalue weighted by Gasteiger charge is -2.32. The molecule has 1 aromatic rings. The van der Waals surface area contributed by atoms with Crippen LogP contribution >= 0.6 is 0 Å². The van der Waals surface area contributed by atoms with Crippen molar-refractivity contribution in [2.45, 2.75) is 23.9 Å². The van der Waals surface area contributed by atoms with Gasteiger partial charge in [0.15, 0.2) is 0 Å². The van der Waals surface area contributed by atoms with Gasteiger partial charge in [0.1, 0.15) is 0 Å². The SMILES string of the molecule is O=S(=O)(c1ccccc1)N1CCC(C(F)(F)F)CC1. The summed E-state index contributed by atoms with van der Waals surface area (Å²) in [7, 11) is -3.66. The molecule has 7 heteroatoms. The molecule has 1 aliphatic rings. The van der Waals surface area contributed by atoms with E-state index in [0.29, 0.717) is 0 Å². The van der Waals surface area contributed by atoms with Gasteiger partial charge in [-0.2, -0.15) is 17.5 Å². The van der Waals surface area contributed by atoms with Crippen LogP contribution in [0, 0.1) is 5.92 Å². The molecule has 1 aromatic carbocycles. The molecule has 0 amide bonds. The second-order valence-corrected chi connectivity index (χ2v) is 6.47. The lowest BCUT2D eigenvalue weighted by molar-refractivity contribution is -0.182. The fourth-order valence-electron chi connectivity index (χ4n) is 2.17. The molecule has 0 atom stereocenters. The number of halogens is 3. The van der Waals surface area contributed by atoms with Crippen LogP contribution in [0.25, 0.3) is 0 Å². The summed E-state index contributed by atoms with van der Waals surface area (Å²) < 4.78 is 63.1. The third-order valence-corrected chi connectivity index (χ3v) is 5.21.